The van der Waals surface area contributed by atoms with Gasteiger partial charge in [0.15, 0.2) is 0 Å². The highest BCUT2D eigenvalue weighted by Crippen LogP contribution is 2.35. The van der Waals surface area contributed by atoms with E-state index in [-0.39, 0.29) is 24.5 Å². The maximum atomic E-state index is 12.2. The molecule has 1 aromatic carbocycles. The highest BCUT2D eigenvalue weighted by molar-refractivity contribution is 5.99. The first-order chi connectivity index (χ1) is 9.22. The standard InChI is InChI=1S/C14H16N2O3/c1-19-9-13(17)15-6-7-16-12(8-15)10-4-2-3-5-11(10)14(16)18/h2-5,12H,6-9H2,1H3/t12-/m1/s1. The molecule has 1 atom stereocenters. The van der Waals surface area contributed by atoms with Crippen LogP contribution in [-0.2, 0) is 9.53 Å². The topological polar surface area (TPSA) is 49.9 Å². The molecule has 2 heterocycles. The summed E-state index contributed by atoms with van der Waals surface area (Å²) in [5, 5.41) is 0. The van der Waals surface area contributed by atoms with E-state index < -0.39 is 0 Å². The van der Waals surface area contributed by atoms with Gasteiger partial charge in [0.1, 0.15) is 6.61 Å². The number of rotatable bonds is 2. The van der Waals surface area contributed by atoms with Gasteiger partial charge in [-0.3, -0.25) is 9.59 Å². The van der Waals surface area contributed by atoms with E-state index in [0.717, 1.165) is 11.1 Å². The molecule has 0 spiro atoms. The quantitative estimate of drug-likeness (QED) is 0.785. The van der Waals surface area contributed by atoms with Gasteiger partial charge in [0.05, 0.1) is 6.04 Å². The fourth-order valence-electron chi connectivity index (χ4n) is 2.87. The number of piperazine rings is 1. The molecule has 19 heavy (non-hydrogen) atoms. The molecular formula is C14H16N2O3. The van der Waals surface area contributed by atoms with E-state index >= 15 is 0 Å². The molecule has 0 bridgehead atoms. The molecule has 5 heteroatoms. The van der Waals surface area contributed by atoms with Crippen LogP contribution in [0.4, 0.5) is 0 Å². The van der Waals surface area contributed by atoms with Gasteiger partial charge in [-0.05, 0) is 11.6 Å². The zero-order valence-electron chi connectivity index (χ0n) is 10.8. The Balaban J connectivity index is 1.85. The number of nitrogens with zero attached hydrogens (tertiary/aromatic N) is 2. The number of ether oxygens (including phenoxy) is 1. The van der Waals surface area contributed by atoms with Gasteiger partial charge in [-0.1, -0.05) is 18.2 Å². The zero-order chi connectivity index (χ0) is 13.4. The van der Waals surface area contributed by atoms with Crippen molar-refractivity contribution in [2.45, 2.75) is 6.04 Å². The van der Waals surface area contributed by atoms with Crippen LogP contribution in [0.5, 0.6) is 0 Å². The van der Waals surface area contributed by atoms with Crippen molar-refractivity contribution in [1.82, 2.24) is 9.80 Å². The van der Waals surface area contributed by atoms with Crippen molar-refractivity contribution in [3.63, 3.8) is 0 Å². The molecule has 0 aromatic heterocycles. The van der Waals surface area contributed by atoms with Crippen LogP contribution < -0.4 is 0 Å². The molecule has 100 valence electrons. The van der Waals surface area contributed by atoms with Gasteiger partial charge in [0, 0.05) is 32.3 Å². The van der Waals surface area contributed by atoms with Crippen LogP contribution in [0.2, 0.25) is 0 Å². The Labute approximate surface area is 111 Å². The smallest absolute Gasteiger partial charge is 0.254 e. The lowest BCUT2D eigenvalue weighted by Gasteiger charge is -2.37. The van der Waals surface area contributed by atoms with E-state index in [1.54, 1.807) is 4.90 Å². The highest BCUT2D eigenvalue weighted by atomic mass is 16.5. The van der Waals surface area contributed by atoms with E-state index in [1.165, 1.54) is 7.11 Å². The van der Waals surface area contributed by atoms with Crippen molar-refractivity contribution in [2.24, 2.45) is 0 Å². The molecule has 1 aromatic rings. The third-order valence-corrected chi connectivity index (χ3v) is 3.81. The Bertz CT molecular complexity index is 529. The van der Waals surface area contributed by atoms with Gasteiger partial charge < -0.3 is 14.5 Å². The summed E-state index contributed by atoms with van der Waals surface area (Å²) in [5.41, 5.74) is 1.80. The molecule has 0 N–H and O–H groups in total. The summed E-state index contributed by atoms with van der Waals surface area (Å²) in [7, 11) is 1.52. The third kappa shape index (κ3) is 1.90. The number of amides is 2. The molecule has 5 nitrogen and oxygen atoms in total. The molecule has 2 amide bonds. The molecule has 3 rings (SSSR count). The molecule has 2 aliphatic heterocycles. The molecule has 0 unspecified atom stereocenters. The predicted molar refractivity (Wildman–Crippen MR) is 68.7 cm³/mol. The second kappa shape index (κ2) is 4.66. The number of carbonyl (C=O) groups is 2. The van der Waals surface area contributed by atoms with E-state index in [9.17, 15) is 9.59 Å². The summed E-state index contributed by atoms with van der Waals surface area (Å²) in [5.74, 6) is 0.0680. The maximum absolute atomic E-state index is 12.2. The summed E-state index contributed by atoms with van der Waals surface area (Å²) in [4.78, 5) is 27.7. The number of hydrogen-bond acceptors (Lipinski definition) is 3. The molecular weight excluding hydrogens is 244 g/mol. The average molecular weight is 260 g/mol. The van der Waals surface area contributed by atoms with Crippen LogP contribution in [0, 0.1) is 0 Å². The third-order valence-electron chi connectivity index (χ3n) is 3.81. The van der Waals surface area contributed by atoms with Crippen molar-refractivity contribution in [1.29, 1.82) is 0 Å². The minimum atomic E-state index is -0.0148. The minimum absolute atomic E-state index is 0.00161. The summed E-state index contributed by atoms with van der Waals surface area (Å²) < 4.78 is 4.89. The summed E-state index contributed by atoms with van der Waals surface area (Å²) in [6.45, 7) is 1.83. The van der Waals surface area contributed by atoms with Gasteiger partial charge in [0.25, 0.3) is 5.91 Å². The summed E-state index contributed by atoms with van der Waals surface area (Å²) in [6.07, 6.45) is 0. The Morgan fingerprint density at radius 3 is 2.95 bits per heavy atom. The lowest BCUT2D eigenvalue weighted by atomic mass is 10.0. The van der Waals surface area contributed by atoms with Crippen LogP contribution >= 0.6 is 0 Å². The second-order valence-corrected chi connectivity index (χ2v) is 4.87. The van der Waals surface area contributed by atoms with Crippen molar-refractivity contribution in [3.05, 3.63) is 35.4 Å². The van der Waals surface area contributed by atoms with Gasteiger partial charge in [0.2, 0.25) is 5.91 Å². The van der Waals surface area contributed by atoms with Gasteiger partial charge in [-0.2, -0.15) is 0 Å². The first-order valence-corrected chi connectivity index (χ1v) is 6.39. The lowest BCUT2D eigenvalue weighted by Crippen LogP contribution is -2.50. The van der Waals surface area contributed by atoms with Crippen molar-refractivity contribution >= 4 is 11.8 Å². The van der Waals surface area contributed by atoms with Crippen molar-refractivity contribution in [3.8, 4) is 0 Å². The molecule has 0 aliphatic carbocycles. The number of hydrogen-bond donors (Lipinski definition) is 0. The van der Waals surface area contributed by atoms with Crippen LogP contribution in [-0.4, -0.2) is 55.0 Å². The van der Waals surface area contributed by atoms with Gasteiger partial charge in [-0.25, -0.2) is 0 Å². The Morgan fingerprint density at radius 1 is 1.37 bits per heavy atom. The molecule has 0 radical (unpaired) electrons. The Morgan fingerprint density at radius 2 is 2.16 bits per heavy atom. The highest BCUT2D eigenvalue weighted by Gasteiger charge is 2.40. The summed E-state index contributed by atoms with van der Waals surface area (Å²) >= 11 is 0. The summed E-state index contributed by atoms with van der Waals surface area (Å²) in [6, 6.07) is 7.65. The minimum Gasteiger partial charge on any atom is -0.375 e. The largest absolute Gasteiger partial charge is 0.375 e. The van der Waals surface area contributed by atoms with Crippen LogP contribution in [0.25, 0.3) is 0 Å². The first-order valence-electron chi connectivity index (χ1n) is 6.39. The van der Waals surface area contributed by atoms with Gasteiger partial charge >= 0.3 is 0 Å². The van der Waals surface area contributed by atoms with E-state index in [2.05, 4.69) is 0 Å². The number of fused-ring (bicyclic) bond motifs is 3. The Kier molecular flexibility index (Phi) is 2.98. The average Bonchev–Trinajstić information content (AvgIpc) is 2.73. The zero-order valence-corrected chi connectivity index (χ0v) is 10.8. The van der Waals surface area contributed by atoms with Crippen LogP contribution in [0.15, 0.2) is 24.3 Å². The fraction of sp³-hybridized carbons (Fsp3) is 0.429. The van der Waals surface area contributed by atoms with E-state index in [4.69, 9.17) is 4.74 Å². The molecule has 2 aliphatic rings. The first kappa shape index (κ1) is 12.2. The van der Waals surface area contributed by atoms with Crippen LogP contribution in [0.1, 0.15) is 22.0 Å². The SMILES string of the molecule is COCC(=O)N1CCN2C(=O)c3ccccc3[C@H]2C1. The maximum Gasteiger partial charge on any atom is 0.254 e. The fourth-order valence-corrected chi connectivity index (χ4v) is 2.87. The van der Waals surface area contributed by atoms with Crippen LogP contribution in [0.3, 0.4) is 0 Å². The van der Waals surface area contributed by atoms with Gasteiger partial charge in [-0.15, -0.1) is 0 Å². The number of benzene rings is 1. The predicted octanol–water partition coefficient (Wildman–Crippen LogP) is 0.672. The van der Waals surface area contributed by atoms with Crippen molar-refractivity contribution < 1.29 is 14.3 Å². The number of carbonyl (C=O) groups excluding carboxylic acids is 2. The monoisotopic (exact) mass is 260 g/mol. The molecule has 0 saturated carbocycles. The van der Waals surface area contributed by atoms with E-state index in [0.29, 0.717) is 19.6 Å². The normalized spacial score (nSPS) is 21.3. The molecule has 1 fully saturated rings. The molecule has 1 saturated heterocycles. The van der Waals surface area contributed by atoms with E-state index in [1.807, 2.05) is 29.2 Å². The Hall–Kier alpha value is -1.88. The lowest BCUT2D eigenvalue weighted by molar-refractivity contribution is -0.137. The second-order valence-electron chi connectivity index (χ2n) is 4.87. The number of methoxy groups -OCH3 is 1. The van der Waals surface area contributed by atoms with Crippen molar-refractivity contribution in [2.75, 3.05) is 33.4 Å².